The van der Waals surface area contributed by atoms with Crippen molar-refractivity contribution in [1.82, 2.24) is 0 Å². The van der Waals surface area contributed by atoms with Gasteiger partial charge in [-0.05, 0) is 19.8 Å². The van der Waals surface area contributed by atoms with E-state index in [9.17, 15) is 4.79 Å². The van der Waals surface area contributed by atoms with Gasteiger partial charge in [0.15, 0.2) is 5.78 Å². The monoisotopic (exact) mass is 140 g/mol. The van der Waals surface area contributed by atoms with Crippen molar-refractivity contribution >= 4 is 5.78 Å². The summed E-state index contributed by atoms with van der Waals surface area (Å²) in [6, 6.07) is 0. The largest absolute Gasteiger partial charge is 0.367 e. The zero-order valence-electron chi connectivity index (χ0n) is 6.22. The molecule has 2 rings (SSSR count). The lowest BCUT2D eigenvalue weighted by Crippen LogP contribution is -2.58. The predicted octanol–water partition coefficient (Wildman–Crippen LogP) is 1.14. The summed E-state index contributed by atoms with van der Waals surface area (Å²) < 4.78 is 5.43. The maximum Gasteiger partial charge on any atom is 0.165 e. The van der Waals surface area contributed by atoms with Crippen LogP contribution in [0.2, 0.25) is 0 Å². The SMILES string of the molecule is CC12OCCCC1CC2=O. The maximum absolute atomic E-state index is 11.1. The first-order chi connectivity index (χ1) is 4.73. The fourth-order valence-corrected chi connectivity index (χ4v) is 1.91. The van der Waals surface area contributed by atoms with E-state index in [2.05, 4.69) is 0 Å². The molecule has 2 aliphatic rings. The third kappa shape index (κ3) is 0.601. The summed E-state index contributed by atoms with van der Waals surface area (Å²) in [6.45, 7) is 2.71. The average molecular weight is 140 g/mol. The quantitative estimate of drug-likeness (QED) is 0.504. The highest BCUT2D eigenvalue weighted by molar-refractivity contribution is 5.93. The van der Waals surface area contributed by atoms with Crippen molar-refractivity contribution in [2.75, 3.05) is 6.61 Å². The number of rotatable bonds is 0. The van der Waals surface area contributed by atoms with Crippen molar-refractivity contribution in [1.29, 1.82) is 0 Å². The highest BCUT2D eigenvalue weighted by Gasteiger charge is 2.53. The van der Waals surface area contributed by atoms with Crippen molar-refractivity contribution in [2.45, 2.75) is 31.8 Å². The highest BCUT2D eigenvalue weighted by atomic mass is 16.5. The van der Waals surface area contributed by atoms with Crippen molar-refractivity contribution < 1.29 is 9.53 Å². The van der Waals surface area contributed by atoms with Crippen molar-refractivity contribution in [2.24, 2.45) is 5.92 Å². The minimum Gasteiger partial charge on any atom is -0.367 e. The fraction of sp³-hybridized carbons (Fsp3) is 0.875. The Morgan fingerprint density at radius 2 is 2.50 bits per heavy atom. The van der Waals surface area contributed by atoms with E-state index < -0.39 is 0 Å². The minimum atomic E-state index is -0.363. The molecule has 2 fully saturated rings. The highest BCUT2D eigenvalue weighted by Crippen LogP contribution is 2.43. The van der Waals surface area contributed by atoms with Gasteiger partial charge >= 0.3 is 0 Å². The fourth-order valence-electron chi connectivity index (χ4n) is 1.91. The Kier molecular flexibility index (Phi) is 1.15. The smallest absolute Gasteiger partial charge is 0.165 e. The van der Waals surface area contributed by atoms with Crippen LogP contribution in [0, 0.1) is 5.92 Å². The standard InChI is InChI=1S/C8H12O2/c1-8-6(5-7(8)9)3-2-4-10-8/h6H,2-5H2,1H3. The van der Waals surface area contributed by atoms with Gasteiger partial charge in [-0.2, -0.15) is 0 Å². The summed E-state index contributed by atoms with van der Waals surface area (Å²) >= 11 is 0. The second-order valence-electron chi connectivity index (χ2n) is 3.42. The van der Waals surface area contributed by atoms with Crippen LogP contribution in [0.25, 0.3) is 0 Å². The molecule has 2 unspecified atom stereocenters. The molecule has 1 saturated carbocycles. The molecule has 2 heteroatoms. The van der Waals surface area contributed by atoms with Gasteiger partial charge in [-0.25, -0.2) is 0 Å². The van der Waals surface area contributed by atoms with Crippen molar-refractivity contribution in [3.8, 4) is 0 Å². The molecule has 0 aromatic heterocycles. The number of ketones is 1. The Hall–Kier alpha value is -0.370. The van der Waals surface area contributed by atoms with E-state index in [1.807, 2.05) is 6.92 Å². The number of carbonyl (C=O) groups excluding carboxylic acids is 1. The molecule has 2 nitrogen and oxygen atoms in total. The Morgan fingerprint density at radius 3 is 3.00 bits per heavy atom. The molecular formula is C8H12O2. The van der Waals surface area contributed by atoms with Crippen LogP contribution in [0.5, 0.6) is 0 Å². The summed E-state index contributed by atoms with van der Waals surface area (Å²) in [5.41, 5.74) is -0.363. The first-order valence-corrected chi connectivity index (χ1v) is 3.91. The number of fused-ring (bicyclic) bond motifs is 1. The van der Waals surface area contributed by atoms with E-state index in [0.717, 1.165) is 19.4 Å². The van der Waals surface area contributed by atoms with Gasteiger partial charge in [0.25, 0.3) is 0 Å². The Balaban J connectivity index is 2.15. The van der Waals surface area contributed by atoms with Crippen LogP contribution in [0.3, 0.4) is 0 Å². The molecule has 10 heavy (non-hydrogen) atoms. The third-order valence-electron chi connectivity index (χ3n) is 2.86. The van der Waals surface area contributed by atoms with E-state index >= 15 is 0 Å². The molecule has 56 valence electrons. The lowest BCUT2D eigenvalue weighted by atomic mass is 9.66. The first kappa shape index (κ1) is 6.35. The van der Waals surface area contributed by atoms with E-state index in [0.29, 0.717) is 11.7 Å². The minimum absolute atomic E-state index is 0.303. The van der Waals surface area contributed by atoms with Gasteiger partial charge in [-0.1, -0.05) is 0 Å². The molecule has 1 heterocycles. The van der Waals surface area contributed by atoms with Gasteiger partial charge in [0, 0.05) is 18.9 Å². The van der Waals surface area contributed by atoms with E-state index in [-0.39, 0.29) is 5.60 Å². The van der Waals surface area contributed by atoms with Crippen LogP contribution < -0.4 is 0 Å². The van der Waals surface area contributed by atoms with E-state index in [4.69, 9.17) is 4.74 Å². The van der Waals surface area contributed by atoms with Crippen LogP contribution in [-0.4, -0.2) is 18.0 Å². The summed E-state index contributed by atoms with van der Waals surface area (Å²) in [6.07, 6.45) is 3.08. The van der Waals surface area contributed by atoms with Crippen molar-refractivity contribution in [3.63, 3.8) is 0 Å². The lowest BCUT2D eigenvalue weighted by Gasteiger charge is -2.47. The van der Waals surface area contributed by atoms with Gasteiger partial charge in [0.2, 0.25) is 0 Å². The van der Waals surface area contributed by atoms with Crippen LogP contribution >= 0.6 is 0 Å². The number of hydrogen-bond donors (Lipinski definition) is 0. The summed E-state index contributed by atoms with van der Waals surface area (Å²) in [5, 5.41) is 0. The number of hydrogen-bond acceptors (Lipinski definition) is 2. The molecule has 2 atom stereocenters. The number of carbonyl (C=O) groups is 1. The number of Topliss-reactive ketones (excluding diaryl/α,β-unsaturated/α-hetero) is 1. The Morgan fingerprint density at radius 1 is 1.70 bits per heavy atom. The summed E-state index contributed by atoms with van der Waals surface area (Å²) in [5.74, 6) is 0.839. The molecular weight excluding hydrogens is 128 g/mol. The second kappa shape index (κ2) is 1.82. The van der Waals surface area contributed by atoms with Gasteiger partial charge in [-0.15, -0.1) is 0 Å². The maximum atomic E-state index is 11.1. The topological polar surface area (TPSA) is 26.3 Å². The molecule has 0 radical (unpaired) electrons. The van der Waals surface area contributed by atoms with Gasteiger partial charge < -0.3 is 4.74 Å². The molecule has 0 spiro atoms. The summed E-state index contributed by atoms with van der Waals surface area (Å²) in [4.78, 5) is 11.1. The first-order valence-electron chi connectivity index (χ1n) is 3.91. The Labute approximate surface area is 60.6 Å². The zero-order valence-corrected chi connectivity index (χ0v) is 6.22. The van der Waals surface area contributed by atoms with Gasteiger partial charge in [0.1, 0.15) is 5.60 Å². The Bertz CT molecular complexity index is 176. The lowest BCUT2D eigenvalue weighted by molar-refractivity contribution is -0.182. The zero-order chi connectivity index (χ0) is 7.19. The van der Waals surface area contributed by atoms with Gasteiger partial charge in [0.05, 0.1) is 0 Å². The summed E-state index contributed by atoms with van der Waals surface area (Å²) in [7, 11) is 0. The average Bonchev–Trinajstić information content (AvgIpc) is 1.93. The molecule has 0 bridgehead atoms. The van der Waals surface area contributed by atoms with Gasteiger partial charge in [-0.3, -0.25) is 4.79 Å². The van der Waals surface area contributed by atoms with Crippen molar-refractivity contribution in [3.05, 3.63) is 0 Å². The van der Waals surface area contributed by atoms with Crippen LogP contribution in [0.15, 0.2) is 0 Å². The van der Waals surface area contributed by atoms with E-state index in [1.54, 1.807) is 0 Å². The molecule has 0 aromatic rings. The third-order valence-corrected chi connectivity index (χ3v) is 2.86. The second-order valence-corrected chi connectivity index (χ2v) is 3.42. The van der Waals surface area contributed by atoms with Crippen LogP contribution in [-0.2, 0) is 9.53 Å². The molecule has 0 aromatic carbocycles. The molecule has 1 aliphatic heterocycles. The molecule has 1 aliphatic carbocycles. The van der Waals surface area contributed by atoms with Crippen LogP contribution in [0.1, 0.15) is 26.2 Å². The number of ether oxygens (including phenoxy) is 1. The molecule has 0 N–H and O–H groups in total. The van der Waals surface area contributed by atoms with E-state index in [1.165, 1.54) is 6.42 Å². The molecule has 0 amide bonds. The van der Waals surface area contributed by atoms with Crippen LogP contribution in [0.4, 0.5) is 0 Å². The molecule has 1 saturated heterocycles. The normalized spacial score (nSPS) is 46.1. The predicted molar refractivity (Wildman–Crippen MR) is 36.7 cm³/mol.